The van der Waals surface area contributed by atoms with Crippen molar-refractivity contribution < 1.29 is 0 Å². The van der Waals surface area contributed by atoms with E-state index in [4.69, 9.17) is 5.73 Å². The fourth-order valence-electron chi connectivity index (χ4n) is 3.34. The molecule has 0 saturated carbocycles. The molecule has 0 aliphatic heterocycles. The molecule has 0 aromatic heterocycles. The number of benzene rings is 3. The lowest BCUT2D eigenvalue weighted by Gasteiger charge is -2.22. The van der Waals surface area contributed by atoms with Crippen molar-refractivity contribution in [3.05, 3.63) is 53.2 Å². The van der Waals surface area contributed by atoms with Gasteiger partial charge in [-0.3, -0.25) is 0 Å². The van der Waals surface area contributed by atoms with Crippen LogP contribution in [0.1, 0.15) is 24.8 Å². The predicted octanol–water partition coefficient (Wildman–Crippen LogP) is 3.29. The van der Waals surface area contributed by atoms with E-state index in [1.807, 2.05) is 0 Å². The summed E-state index contributed by atoms with van der Waals surface area (Å²) < 4.78 is 0. The lowest BCUT2D eigenvalue weighted by Crippen LogP contribution is -2.21. The van der Waals surface area contributed by atoms with Crippen LogP contribution in [-0.4, -0.2) is 0 Å². The van der Waals surface area contributed by atoms with Crippen molar-refractivity contribution in [2.45, 2.75) is 19.3 Å². The minimum absolute atomic E-state index is 0.521. The first kappa shape index (κ1) is 9.95. The van der Waals surface area contributed by atoms with Crippen molar-refractivity contribution in [2.75, 3.05) is 0 Å². The van der Waals surface area contributed by atoms with E-state index in [0.29, 0.717) is 5.92 Å². The van der Waals surface area contributed by atoms with Gasteiger partial charge in [-0.05, 0) is 39.4 Å². The predicted molar refractivity (Wildman–Crippen MR) is 77.3 cm³/mol. The van der Waals surface area contributed by atoms with Crippen LogP contribution in [0.25, 0.3) is 27.2 Å². The van der Waals surface area contributed by atoms with Gasteiger partial charge in [0.25, 0.3) is 0 Å². The number of hydrogen-bond acceptors (Lipinski definition) is 1. The fourth-order valence-corrected chi connectivity index (χ4v) is 3.34. The normalized spacial score (nSPS) is 18.7. The highest BCUT2D eigenvalue weighted by Gasteiger charge is 2.18. The van der Waals surface area contributed by atoms with Crippen LogP contribution in [0.3, 0.4) is 0 Å². The van der Waals surface area contributed by atoms with Crippen molar-refractivity contribution in [2.24, 2.45) is 5.73 Å². The van der Waals surface area contributed by atoms with Gasteiger partial charge in [0.2, 0.25) is 0 Å². The molecule has 1 heteroatoms. The summed E-state index contributed by atoms with van der Waals surface area (Å²) in [6.45, 7) is 2.27. The maximum Gasteiger partial charge on any atom is 0.0166 e. The minimum atomic E-state index is 0.521. The molecule has 0 bridgehead atoms. The van der Waals surface area contributed by atoms with Crippen molar-refractivity contribution in [1.82, 2.24) is 0 Å². The van der Waals surface area contributed by atoms with Gasteiger partial charge in [0, 0.05) is 10.9 Å². The monoisotopic (exact) mass is 233 g/mol. The Hall–Kier alpha value is -2.02. The van der Waals surface area contributed by atoms with E-state index >= 15 is 0 Å². The third-order valence-corrected chi connectivity index (χ3v) is 4.21. The Morgan fingerprint density at radius 3 is 2.44 bits per heavy atom. The van der Waals surface area contributed by atoms with Crippen molar-refractivity contribution in [3.63, 3.8) is 0 Å². The Labute approximate surface area is 106 Å². The van der Waals surface area contributed by atoms with Crippen molar-refractivity contribution >= 4 is 27.2 Å². The molecular formula is C17H15N. The Kier molecular flexibility index (Phi) is 1.80. The molecular weight excluding hydrogens is 218 g/mol. The zero-order chi connectivity index (χ0) is 12.3. The van der Waals surface area contributed by atoms with E-state index in [0.717, 1.165) is 12.1 Å². The van der Waals surface area contributed by atoms with Crippen LogP contribution in [0.4, 0.5) is 0 Å². The second-order valence-corrected chi connectivity index (χ2v) is 5.35. The molecule has 0 spiro atoms. The SMILES string of the molecule is CC1CC(N)=c2ccc3cccc4ccc1c2c43. The molecule has 0 saturated heterocycles. The Balaban J connectivity index is 2.41. The van der Waals surface area contributed by atoms with Gasteiger partial charge < -0.3 is 5.73 Å². The molecule has 1 atom stereocenters. The second-order valence-electron chi connectivity index (χ2n) is 5.35. The van der Waals surface area contributed by atoms with Gasteiger partial charge in [-0.2, -0.15) is 0 Å². The van der Waals surface area contributed by atoms with Gasteiger partial charge >= 0.3 is 0 Å². The summed E-state index contributed by atoms with van der Waals surface area (Å²) in [6, 6.07) is 15.4. The molecule has 2 N–H and O–H groups in total. The van der Waals surface area contributed by atoms with E-state index in [9.17, 15) is 0 Å². The van der Waals surface area contributed by atoms with Crippen molar-refractivity contribution in [1.29, 1.82) is 0 Å². The average Bonchev–Trinajstić information content (AvgIpc) is 2.38. The molecule has 1 aliphatic rings. The summed E-state index contributed by atoms with van der Waals surface area (Å²) in [6.07, 6.45) is 0.973. The largest absolute Gasteiger partial charge is 0.402 e. The lowest BCUT2D eigenvalue weighted by atomic mass is 9.83. The molecule has 0 amide bonds. The summed E-state index contributed by atoms with van der Waals surface area (Å²) in [5.41, 5.74) is 8.73. The first-order chi connectivity index (χ1) is 8.75. The van der Waals surface area contributed by atoms with E-state index in [1.165, 1.54) is 32.3 Å². The van der Waals surface area contributed by atoms with Crippen LogP contribution >= 0.6 is 0 Å². The molecule has 1 aliphatic carbocycles. The summed E-state index contributed by atoms with van der Waals surface area (Å²) in [5, 5.41) is 6.63. The van der Waals surface area contributed by atoms with Crippen LogP contribution in [0.2, 0.25) is 0 Å². The Bertz CT molecular complexity index is 814. The van der Waals surface area contributed by atoms with E-state index in [1.54, 1.807) is 0 Å². The smallest absolute Gasteiger partial charge is 0.0166 e. The molecule has 88 valence electrons. The lowest BCUT2D eigenvalue weighted by molar-refractivity contribution is 0.781. The first-order valence-corrected chi connectivity index (χ1v) is 6.48. The first-order valence-electron chi connectivity index (χ1n) is 6.48. The zero-order valence-corrected chi connectivity index (χ0v) is 10.4. The standard InChI is InChI=1S/C17H15N/c1-10-9-15(18)14-8-6-12-4-2-3-11-5-7-13(10)17(14)16(11)12/h2-8,10H,9,18H2,1H3. The molecule has 1 nitrogen and oxygen atoms in total. The van der Waals surface area contributed by atoms with Gasteiger partial charge in [-0.1, -0.05) is 49.4 Å². The highest BCUT2D eigenvalue weighted by molar-refractivity contribution is 6.12. The molecule has 4 rings (SSSR count). The van der Waals surface area contributed by atoms with Gasteiger partial charge in [0.1, 0.15) is 0 Å². The van der Waals surface area contributed by atoms with Crippen molar-refractivity contribution in [3.8, 4) is 0 Å². The Morgan fingerprint density at radius 2 is 1.67 bits per heavy atom. The van der Waals surface area contributed by atoms with Gasteiger partial charge in [0.15, 0.2) is 0 Å². The highest BCUT2D eigenvalue weighted by Crippen LogP contribution is 2.35. The summed E-state index contributed by atoms with van der Waals surface area (Å²) in [5.74, 6) is 0.521. The molecule has 18 heavy (non-hydrogen) atoms. The third-order valence-electron chi connectivity index (χ3n) is 4.21. The van der Waals surface area contributed by atoms with E-state index in [-0.39, 0.29) is 0 Å². The van der Waals surface area contributed by atoms with Crippen LogP contribution in [0.5, 0.6) is 0 Å². The molecule has 3 aromatic rings. The van der Waals surface area contributed by atoms with Gasteiger partial charge in [0.05, 0.1) is 0 Å². The third kappa shape index (κ3) is 1.11. The van der Waals surface area contributed by atoms with Gasteiger partial charge in [-0.25, -0.2) is 0 Å². The maximum absolute atomic E-state index is 6.24. The van der Waals surface area contributed by atoms with Crippen LogP contribution in [0.15, 0.2) is 42.5 Å². The summed E-state index contributed by atoms with van der Waals surface area (Å²) >= 11 is 0. The maximum atomic E-state index is 6.24. The molecule has 3 aromatic carbocycles. The quantitative estimate of drug-likeness (QED) is 0.633. The number of hydrogen-bond donors (Lipinski definition) is 1. The van der Waals surface area contributed by atoms with Crippen LogP contribution in [-0.2, 0) is 0 Å². The number of nitrogens with two attached hydrogens (primary N) is 1. The number of rotatable bonds is 0. The van der Waals surface area contributed by atoms with Crippen LogP contribution in [0, 0.1) is 0 Å². The topological polar surface area (TPSA) is 26.0 Å². The summed E-state index contributed by atoms with van der Waals surface area (Å²) in [4.78, 5) is 0. The van der Waals surface area contributed by atoms with Gasteiger partial charge in [-0.15, -0.1) is 0 Å². The fraction of sp³-hybridized carbons (Fsp3) is 0.176. The molecule has 0 radical (unpaired) electrons. The molecule has 1 unspecified atom stereocenters. The van der Waals surface area contributed by atoms with E-state index in [2.05, 4.69) is 49.4 Å². The average molecular weight is 233 g/mol. The highest BCUT2D eigenvalue weighted by atomic mass is 14.6. The van der Waals surface area contributed by atoms with Crippen LogP contribution < -0.4 is 11.0 Å². The molecule has 0 fully saturated rings. The molecule has 0 heterocycles. The van der Waals surface area contributed by atoms with E-state index < -0.39 is 0 Å². The minimum Gasteiger partial charge on any atom is -0.402 e. The zero-order valence-electron chi connectivity index (χ0n) is 10.4. The second kappa shape index (κ2) is 3.26. The summed E-state index contributed by atoms with van der Waals surface area (Å²) in [7, 11) is 0. The Morgan fingerprint density at radius 1 is 0.944 bits per heavy atom.